The third-order valence-electron chi connectivity index (χ3n) is 4.98. The first-order valence-electron chi connectivity index (χ1n) is 10.7. The zero-order valence-electron chi connectivity index (χ0n) is 18.3. The van der Waals surface area contributed by atoms with Crippen LogP contribution in [-0.2, 0) is 4.74 Å². The second-order valence-corrected chi connectivity index (χ2v) is 7.41. The number of carbonyl (C=O) groups is 1. The SMILES string of the molecule is CCOc1ccc(C(=O)Nc2ccc(Nc3cc(C)nc(N4CCOCC4)n3)cc2)cc1. The summed E-state index contributed by atoms with van der Waals surface area (Å²) in [4.78, 5) is 23.8. The van der Waals surface area contributed by atoms with E-state index in [-0.39, 0.29) is 5.91 Å². The molecule has 1 aliphatic heterocycles. The van der Waals surface area contributed by atoms with Crippen molar-refractivity contribution in [1.82, 2.24) is 9.97 Å². The number of morpholine rings is 1. The van der Waals surface area contributed by atoms with Crippen molar-refractivity contribution in [2.45, 2.75) is 13.8 Å². The molecule has 2 aromatic carbocycles. The summed E-state index contributed by atoms with van der Waals surface area (Å²) >= 11 is 0. The van der Waals surface area contributed by atoms with Gasteiger partial charge in [0.1, 0.15) is 11.6 Å². The van der Waals surface area contributed by atoms with Crippen LogP contribution >= 0.6 is 0 Å². The fourth-order valence-electron chi connectivity index (χ4n) is 3.38. The van der Waals surface area contributed by atoms with Gasteiger partial charge in [-0.25, -0.2) is 4.98 Å². The molecule has 0 aliphatic carbocycles. The number of aromatic nitrogens is 2. The highest BCUT2D eigenvalue weighted by molar-refractivity contribution is 6.04. The van der Waals surface area contributed by atoms with Crippen LogP contribution in [0.15, 0.2) is 54.6 Å². The van der Waals surface area contributed by atoms with Crippen LogP contribution in [0.3, 0.4) is 0 Å². The van der Waals surface area contributed by atoms with Crippen LogP contribution in [0.25, 0.3) is 0 Å². The molecular weight excluding hydrogens is 406 g/mol. The van der Waals surface area contributed by atoms with Gasteiger partial charge >= 0.3 is 0 Å². The lowest BCUT2D eigenvalue weighted by Gasteiger charge is -2.27. The molecule has 3 aromatic rings. The summed E-state index contributed by atoms with van der Waals surface area (Å²) in [7, 11) is 0. The Bertz CT molecular complexity index is 1050. The highest BCUT2D eigenvalue weighted by Crippen LogP contribution is 2.21. The summed E-state index contributed by atoms with van der Waals surface area (Å²) in [6.45, 7) is 7.41. The molecule has 1 aliphatic rings. The van der Waals surface area contributed by atoms with E-state index in [4.69, 9.17) is 9.47 Å². The first-order chi connectivity index (χ1) is 15.6. The van der Waals surface area contributed by atoms with Gasteiger partial charge in [-0.05, 0) is 62.4 Å². The second-order valence-electron chi connectivity index (χ2n) is 7.41. The van der Waals surface area contributed by atoms with Gasteiger partial charge in [-0.3, -0.25) is 4.79 Å². The highest BCUT2D eigenvalue weighted by Gasteiger charge is 2.15. The molecule has 0 spiro atoms. The number of amides is 1. The molecule has 8 heteroatoms. The minimum atomic E-state index is -0.171. The lowest BCUT2D eigenvalue weighted by Crippen LogP contribution is -2.37. The minimum Gasteiger partial charge on any atom is -0.494 e. The molecular formula is C24H27N5O3. The summed E-state index contributed by atoms with van der Waals surface area (Å²) in [5, 5.41) is 6.23. The van der Waals surface area contributed by atoms with Gasteiger partial charge in [0.25, 0.3) is 5.91 Å². The summed E-state index contributed by atoms with van der Waals surface area (Å²) in [5.74, 6) is 2.01. The number of hydrogen-bond donors (Lipinski definition) is 2. The van der Waals surface area contributed by atoms with Crippen molar-refractivity contribution in [2.24, 2.45) is 0 Å². The largest absolute Gasteiger partial charge is 0.494 e. The Balaban J connectivity index is 1.39. The highest BCUT2D eigenvalue weighted by atomic mass is 16.5. The Labute approximate surface area is 187 Å². The molecule has 1 aromatic heterocycles. The third-order valence-corrected chi connectivity index (χ3v) is 4.98. The van der Waals surface area contributed by atoms with Crippen LogP contribution in [0, 0.1) is 6.92 Å². The van der Waals surface area contributed by atoms with Gasteiger partial charge < -0.3 is 25.0 Å². The van der Waals surface area contributed by atoms with Crippen LogP contribution in [0.1, 0.15) is 23.0 Å². The average Bonchev–Trinajstić information content (AvgIpc) is 2.81. The number of rotatable bonds is 7. The van der Waals surface area contributed by atoms with Crippen LogP contribution in [0.2, 0.25) is 0 Å². The van der Waals surface area contributed by atoms with Crippen LogP contribution in [0.5, 0.6) is 5.75 Å². The maximum Gasteiger partial charge on any atom is 0.255 e. The lowest BCUT2D eigenvalue weighted by atomic mass is 10.2. The van der Waals surface area contributed by atoms with E-state index in [0.717, 1.165) is 36.0 Å². The predicted molar refractivity (Wildman–Crippen MR) is 125 cm³/mol. The minimum absolute atomic E-state index is 0.171. The number of hydrogen-bond acceptors (Lipinski definition) is 7. The van der Waals surface area contributed by atoms with Gasteiger partial charge in [0.2, 0.25) is 5.95 Å². The monoisotopic (exact) mass is 433 g/mol. The van der Waals surface area contributed by atoms with Crippen molar-refractivity contribution in [3.8, 4) is 5.75 Å². The summed E-state index contributed by atoms with van der Waals surface area (Å²) in [6.07, 6.45) is 0. The van der Waals surface area contributed by atoms with Gasteiger partial charge in [-0.15, -0.1) is 0 Å². The standard InChI is InChI=1S/C24H27N5O3/c1-3-32-21-10-4-18(5-11-21)23(30)27-20-8-6-19(7-9-20)26-22-16-17(2)25-24(28-22)29-12-14-31-15-13-29/h4-11,16H,3,12-15H2,1-2H3,(H,27,30)(H,25,26,28). The van der Waals surface area contributed by atoms with E-state index in [1.54, 1.807) is 24.3 Å². The molecule has 4 rings (SSSR count). The maximum absolute atomic E-state index is 12.5. The van der Waals surface area contributed by atoms with Crippen LogP contribution < -0.4 is 20.3 Å². The molecule has 2 heterocycles. The van der Waals surface area contributed by atoms with E-state index in [0.29, 0.717) is 37.0 Å². The fraction of sp³-hybridized carbons (Fsp3) is 0.292. The molecule has 1 fully saturated rings. The first-order valence-corrected chi connectivity index (χ1v) is 10.7. The molecule has 0 bridgehead atoms. The van der Waals surface area contributed by atoms with E-state index in [9.17, 15) is 4.79 Å². The predicted octanol–water partition coefficient (Wildman–Crippen LogP) is 4.02. The molecule has 32 heavy (non-hydrogen) atoms. The smallest absolute Gasteiger partial charge is 0.255 e. The first kappa shape index (κ1) is 21.6. The fourth-order valence-corrected chi connectivity index (χ4v) is 3.38. The van der Waals surface area contributed by atoms with Crippen molar-refractivity contribution in [3.05, 3.63) is 65.9 Å². The van der Waals surface area contributed by atoms with Crippen LogP contribution in [-0.4, -0.2) is 48.8 Å². The van der Waals surface area contributed by atoms with E-state index in [1.807, 2.05) is 44.2 Å². The Morgan fingerprint density at radius 2 is 1.72 bits per heavy atom. The molecule has 8 nitrogen and oxygen atoms in total. The zero-order valence-corrected chi connectivity index (χ0v) is 18.3. The van der Waals surface area contributed by atoms with Gasteiger partial charge in [0.05, 0.1) is 19.8 Å². The number of anilines is 4. The number of nitrogens with zero attached hydrogens (tertiary/aromatic N) is 3. The number of benzene rings is 2. The van der Waals surface area contributed by atoms with Gasteiger partial charge in [0, 0.05) is 41.8 Å². The topological polar surface area (TPSA) is 88.6 Å². The van der Waals surface area contributed by atoms with E-state index >= 15 is 0 Å². The Morgan fingerprint density at radius 3 is 2.41 bits per heavy atom. The number of ether oxygens (including phenoxy) is 2. The van der Waals surface area contributed by atoms with E-state index in [1.165, 1.54) is 0 Å². The normalized spacial score (nSPS) is 13.5. The number of carbonyl (C=O) groups excluding carboxylic acids is 1. The summed E-state index contributed by atoms with van der Waals surface area (Å²) in [5.41, 5.74) is 3.04. The third kappa shape index (κ3) is 5.53. The van der Waals surface area contributed by atoms with Gasteiger partial charge in [-0.1, -0.05) is 0 Å². The van der Waals surface area contributed by atoms with Crippen molar-refractivity contribution in [1.29, 1.82) is 0 Å². The average molecular weight is 434 g/mol. The Hall–Kier alpha value is -3.65. The lowest BCUT2D eigenvalue weighted by molar-refractivity contribution is 0.102. The maximum atomic E-state index is 12.5. The zero-order chi connectivity index (χ0) is 22.3. The molecule has 0 unspecified atom stereocenters. The molecule has 1 saturated heterocycles. The van der Waals surface area contributed by atoms with Crippen LogP contribution in [0.4, 0.5) is 23.1 Å². The molecule has 1 amide bonds. The van der Waals surface area contributed by atoms with Crippen molar-refractivity contribution in [3.63, 3.8) is 0 Å². The van der Waals surface area contributed by atoms with Crippen molar-refractivity contribution >= 4 is 29.0 Å². The van der Waals surface area contributed by atoms with Crippen molar-refractivity contribution in [2.75, 3.05) is 48.4 Å². The molecule has 0 saturated carbocycles. The van der Waals surface area contributed by atoms with E-state index < -0.39 is 0 Å². The van der Waals surface area contributed by atoms with Crippen molar-refractivity contribution < 1.29 is 14.3 Å². The second kappa shape index (κ2) is 10.1. The summed E-state index contributed by atoms with van der Waals surface area (Å²) < 4.78 is 10.8. The van der Waals surface area contributed by atoms with Gasteiger partial charge in [-0.2, -0.15) is 4.98 Å². The number of aryl methyl sites for hydroxylation is 1. The molecule has 166 valence electrons. The molecule has 0 radical (unpaired) electrons. The Morgan fingerprint density at radius 1 is 1.03 bits per heavy atom. The van der Waals surface area contributed by atoms with E-state index in [2.05, 4.69) is 25.5 Å². The molecule has 0 atom stereocenters. The molecule has 2 N–H and O–H groups in total. The Kier molecular flexibility index (Phi) is 6.81. The van der Waals surface area contributed by atoms with Gasteiger partial charge in [0.15, 0.2) is 0 Å². The summed E-state index contributed by atoms with van der Waals surface area (Å²) in [6, 6.07) is 16.5. The number of nitrogens with one attached hydrogen (secondary N) is 2. The quantitative estimate of drug-likeness (QED) is 0.582.